The monoisotopic (exact) mass is 306 g/mol. The summed E-state index contributed by atoms with van der Waals surface area (Å²) >= 11 is 5.28. The molecule has 1 atom stereocenters. The van der Waals surface area contributed by atoms with Gasteiger partial charge in [0.2, 0.25) is 0 Å². The number of hydrogen-bond donors (Lipinski definition) is 2. The highest BCUT2D eigenvalue weighted by Crippen LogP contribution is 2.12. The van der Waals surface area contributed by atoms with Gasteiger partial charge in [-0.05, 0) is 62.9 Å². The van der Waals surface area contributed by atoms with Crippen molar-refractivity contribution >= 4 is 17.3 Å². The van der Waals surface area contributed by atoms with E-state index in [9.17, 15) is 0 Å². The molecule has 1 aliphatic heterocycles. The molecule has 1 aliphatic rings. The van der Waals surface area contributed by atoms with E-state index in [1.54, 1.807) is 0 Å². The second kappa shape index (κ2) is 8.35. The molecule has 0 radical (unpaired) electrons. The number of rotatable bonds is 6. The molecule has 0 spiro atoms. The third-order valence-corrected chi connectivity index (χ3v) is 4.21. The average molecular weight is 306 g/mol. The highest BCUT2D eigenvalue weighted by Gasteiger charge is 2.14. The van der Waals surface area contributed by atoms with Crippen LogP contribution in [-0.2, 0) is 11.2 Å². The third-order valence-electron chi connectivity index (χ3n) is 3.92. The van der Waals surface area contributed by atoms with Crippen molar-refractivity contribution in [3.8, 4) is 0 Å². The largest absolute Gasteiger partial charge is 0.376 e. The standard InChI is InChI=1S/C17H26N2OS/c1-13-7-8-15(14(2)11-13)5-3-9-18-17(21)19-12-16-6-4-10-20-16/h7-8,11,16H,3-6,9-10,12H2,1-2H3,(H2,18,19,21)/t16-/m0/s1. The van der Waals surface area contributed by atoms with Crippen molar-refractivity contribution in [3.63, 3.8) is 0 Å². The topological polar surface area (TPSA) is 33.3 Å². The molecule has 1 heterocycles. The molecule has 2 N–H and O–H groups in total. The first kappa shape index (κ1) is 16.2. The summed E-state index contributed by atoms with van der Waals surface area (Å²) in [6, 6.07) is 6.67. The fraction of sp³-hybridized carbons (Fsp3) is 0.588. The van der Waals surface area contributed by atoms with Crippen molar-refractivity contribution in [2.45, 2.75) is 45.6 Å². The molecule has 4 heteroatoms. The summed E-state index contributed by atoms with van der Waals surface area (Å²) in [5.41, 5.74) is 4.14. The Balaban J connectivity index is 1.59. The van der Waals surface area contributed by atoms with Crippen molar-refractivity contribution in [2.24, 2.45) is 0 Å². The zero-order valence-corrected chi connectivity index (χ0v) is 13.9. The summed E-state index contributed by atoms with van der Waals surface area (Å²) in [4.78, 5) is 0. The number of aryl methyl sites for hydroxylation is 3. The minimum atomic E-state index is 0.333. The highest BCUT2D eigenvalue weighted by molar-refractivity contribution is 7.80. The molecule has 1 aromatic carbocycles. The molecular formula is C17H26N2OS. The summed E-state index contributed by atoms with van der Waals surface area (Å²) < 4.78 is 5.56. The van der Waals surface area contributed by atoms with E-state index in [-0.39, 0.29) is 0 Å². The molecule has 1 aromatic rings. The summed E-state index contributed by atoms with van der Waals surface area (Å²) in [6.07, 6.45) is 4.82. The van der Waals surface area contributed by atoms with Crippen LogP contribution in [0.4, 0.5) is 0 Å². The van der Waals surface area contributed by atoms with E-state index < -0.39 is 0 Å². The summed E-state index contributed by atoms with van der Waals surface area (Å²) in [5, 5.41) is 7.25. The van der Waals surface area contributed by atoms with Crippen molar-refractivity contribution < 1.29 is 4.74 Å². The van der Waals surface area contributed by atoms with Gasteiger partial charge >= 0.3 is 0 Å². The van der Waals surface area contributed by atoms with E-state index in [0.29, 0.717) is 6.10 Å². The van der Waals surface area contributed by atoms with Gasteiger partial charge in [-0.25, -0.2) is 0 Å². The van der Waals surface area contributed by atoms with Gasteiger partial charge in [0.25, 0.3) is 0 Å². The number of benzene rings is 1. The lowest BCUT2D eigenvalue weighted by molar-refractivity contribution is 0.114. The van der Waals surface area contributed by atoms with Crippen LogP contribution in [0.15, 0.2) is 18.2 Å². The van der Waals surface area contributed by atoms with Gasteiger partial charge < -0.3 is 15.4 Å². The molecule has 0 aromatic heterocycles. The number of hydrogen-bond acceptors (Lipinski definition) is 2. The van der Waals surface area contributed by atoms with Crippen LogP contribution in [0.1, 0.15) is 36.0 Å². The van der Waals surface area contributed by atoms with Crippen molar-refractivity contribution in [1.29, 1.82) is 0 Å². The van der Waals surface area contributed by atoms with Gasteiger partial charge in [-0.2, -0.15) is 0 Å². The Kier molecular flexibility index (Phi) is 6.46. The maximum Gasteiger partial charge on any atom is 0.166 e. The SMILES string of the molecule is Cc1ccc(CCCNC(=S)NC[C@@H]2CCCO2)c(C)c1. The predicted octanol–water partition coefficient (Wildman–Crippen LogP) is 2.88. The van der Waals surface area contributed by atoms with Gasteiger partial charge in [-0.1, -0.05) is 23.8 Å². The Hall–Kier alpha value is -1.13. The summed E-state index contributed by atoms with van der Waals surface area (Å²) in [7, 11) is 0. The molecule has 0 amide bonds. The Morgan fingerprint density at radius 2 is 2.19 bits per heavy atom. The van der Waals surface area contributed by atoms with Crippen molar-refractivity contribution in [3.05, 3.63) is 34.9 Å². The fourth-order valence-electron chi connectivity index (χ4n) is 2.68. The molecular weight excluding hydrogens is 280 g/mol. The zero-order valence-electron chi connectivity index (χ0n) is 13.1. The second-order valence-corrected chi connectivity index (χ2v) is 6.21. The molecule has 116 valence electrons. The molecule has 0 unspecified atom stereocenters. The number of nitrogens with one attached hydrogen (secondary N) is 2. The van der Waals surface area contributed by atoms with Crippen LogP contribution in [-0.4, -0.2) is 30.9 Å². The van der Waals surface area contributed by atoms with Crippen LogP contribution >= 0.6 is 12.2 Å². The number of ether oxygens (including phenoxy) is 1. The smallest absolute Gasteiger partial charge is 0.166 e. The fourth-order valence-corrected chi connectivity index (χ4v) is 2.87. The van der Waals surface area contributed by atoms with Crippen LogP contribution in [0, 0.1) is 13.8 Å². The van der Waals surface area contributed by atoms with Crippen molar-refractivity contribution in [1.82, 2.24) is 10.6 Å². The molecule has 1 saturated heterocycles. The minimum absolute atomic E-state index is 0.333. The Labute approximate surface area is 133 Å². The van der Waals surface area contributed by atoms with Crippen molar-refractivity contribution in [2.75, 3.05) is 19.7 Å². The van der Waals surface area contributed by atoms with E-state index in [0.717, 1.165) is 44.1 Å². The summed E-state index contributed by atoms with van der Waals surface area (Å²) in [5.74, 6) is 0. The predicted molar refractivity (Wildman–Crippen MR) is 91.8 cm³/mol. The van der Waals surface area contributed by atoms with Gasteiger partial charge in [0.05, 0.1) is 6.10 Å². The van der Waals surface area contributed by atoms with E-state index in [4.69, 9.17) is 17.0 Å². The Morgan fingerprint density at radius 3 is 2.90 bits per heavy atom. The lowest BCUT2D eigenvalue weighted by atomic mass is 10.0. The maximum atomic E-state index is 5.56. The molecule has 0 aliphatic carbocycles. The Morgan fingerprint density at radius 1 is 1.33 bits per heavy atom. The van der Waals surface area contributed by atoms with Crippen LogP contribution in [0.5, 0.6) is 0 Å². The van der Waals surface area contributed by atoms with E-state index >= 15 is 0 Å². The summed E-state index contributed by atoms with van der Waals surface area (Å²) in [6.45, 7) is 6.94. The Bertz CT molecular complexity index is 470. The maximum absolute atomic E-state index is 5.56. The molecule has 21 heavy (non-hydrogen) atoms. The number of thiocarbonyl (C=S) groups is 1. The van der Waals surface area contributed by atoms with Crippen LogP contribution in [0.25, 0.3) is 0 Å². The second-order valence-electron chi connectivity index (χ2n) is 5.81. The van der Waals surface area contributed by atoms with E-state index in [2.05, 4.69) is 42.7 Å². The first-order valence-electron chi connectivity index (χ1n) is 7.84. The first-order chi connectivity index (χ1) is 10.1. The molecule has 2 rings (SSSR count). The molecule has 1 fully saturated rings. The average Bonchev–Trinajstić information content (AvgIpc) is 2.96. The normalized spacial score (nSPS) is 17.7. The van der Waals surface area contributed by atoms with Crippen LogP contribution in [0.3, 0.4) is 0 Å². The lowest BCUT2D eigenvalue weighted by Crippen LogP contribution is -2.39. The lowest BCUT2D eigenvalue weighted by Gasteiger charge is -2.14. The molecule has 0 saturated carbocycles. The van der Waals surface area contributed by atoms with Gasteiger partial charge in [-0.3, -0.25) is 0 Å². The first-order valence-corrected chi connectivity index (χ1v) is 8.25. The quantitative estimate of drug-likeness (QED) is 0.625. The zero-order chi connectivity index (χ0) is 15.1. The molecule has 0 bridgehead atoms. The van der Waals surface area contributed by atoms with E-state index in [1.807, 2.05) is 0 Å². The minimum Gasteiger partial charge on any atom is -0.376 e. The van der Waals surface area contributed by atoms with Crippen LogP contribution < -0.4 is 10.6 Å². The third kappa shape index (κ3) is 5.64. The van der Waals surface area contributed by atoms with Gasteiger partial charge in [0.1, 0.15) is 0 Å². The van der Waals surface area contributed by atoms with E-state index in [1.165, 1.54) is 23.1 Å². The van der Waals surface area contributed by atoms with Gasteiger partial charge in [-0.15, -0.1) is 0 Å². The highest BCUT2D eigenvalue weighted by atomic mass is 32.1. The van der Waals surface area contributed by atoms with Gasteiger partial charge in [0.15, 0.2) is 5.11 Å². The van der Waals surface area contributed by atoms with Crippen LogP contribution in [0.2, 0.25) is 0 Å². The molecule has 3 nitrogen and oxygen atoms in total. The van der Waals surface area contributed by atoms with Gasteiger partial charge in [0, 0.05) is 19.7 Å².